The van der Waals surface area contributed by atoms with Gasteiger partial charge in [0.15, 0.2) is 0 Å². The first-order chi connectivity index (χ1) is 13.2. The molecular formula is C19H31N5O4. The zero-order valence-electron chi connectivity index (χ0n) is 17.1. The molecule has 0 aliphatic carbocycles. The van der Waals surface area contributed by atoms with Crippen LogP contribution in [-0.2, 0) is 4.74 Å². The van der Waals surface area contributed by atoms with E-state index in [9.17, 15) is 14.7 Å². The number of likely N-dealkylation sites (tertiary alicyclic amines) is 1. The molecule has 1 saturated heterocycles. The van der Waals surface area contributed by atoms with Crippen LogP contribution in [-0.4, -0.2) is 63.3 Å². The van der Waals surface area contributed by atoms with Gasteiger partial charge >= 0.3 is 12.1 Å². The van der Waals surface area contributed by atoms with Gasteiger partial charge in [-0.05, 0) is 40.0 Å². The van der Waals surface area contributed by atoms with Crippen LogP contribution in [0, 0.1) is 0 Å². The minimum Gasteiger partial charge on any atom is -0.477 e. The highest BCUT2D eigenvalue weighted by atomic mass is 16.6. The van der Waals surface area contributed by atoms with E-state index in [1.165, 1.54) is 6.20 Å². The lowest BCUT2D eigenvalue weighted by atomic mass is 10.1. The van der Waals surface area contributed by atoms with E-state index in [1.54, 1.807) is 4.90 Å². The topological polar surface area (TPSA) is 117 Å². The molecule has 0 spiro atoms. The first kappa shape index (κ1) is 21.7. The second-order valence-corrected chi connectivity index (χ2v) is 7.93. The highest BCUT2D eigenvalue weighted by Crippen LogP contribution is 2.21. The smallest absolute Gasteiger partial charge is 0.410 e. The number of amides is 1. The number of nitrogens with zero attached hydrogens (tertiary/aromatic N) is 3. The molecule has 28 heavy (non-hydrogen) atoms. The van der Waals surface area contributed by atoms with Crippen LogP contribution in [0.4, 0.5) is 16.6 Å². The van der Waals surface area contributed by atoms with Gasteiger partial charge in [-0.1, -0.05) is 13.3 Å². The van der Waals surface area contributed by atoms with E-state index < -0.39 is 11.6 Å². The van der Waals surface area contributed by atoms with Crippen molar-refractivity contribution in [3.63, 3.8) is 0 Å². The molecule has 3 N–H and O–H groups in total. The monoisotopic (exact) mass is 393 g/mol. The molecule has 0 atom stereocenters. The normalized spacial score (nSPS) is 15.2. The van der Waals surface area contributed by atoms with E-state index in [0.29, 0.717) is 37.7 Å². The van der Waals surface area contributed by atoms with Crippen molar-refractivity contribution in [3.05, 3.63) is 11.8 Å². The number of aromatic carboxylic acids is 1. The highest BCUT2D eigenvalue weighted by Gasteiger charge is 2.27. The highest BCUT2D eigenvalue weighted by molar-refractivity contribution is 5.93. The number of carbonyl (C=O) groups is 2. The molecule has 0 aromatic carbocycles. The van der Waals surface area contributed by atoms with E-state index in [0.717, 1.165) is 19.4 Å². The molecule has 1 aromatic heterocycles. The van der Waals surface area contributed by atoms with Gasteiger partial charge < -0.3 is 25.4 Å². The maximum Gasteiger partial charge on any atom is 0.410 e. The van der Waals surface area contributed by atoms with Crippen molar-refractivity contribution in [1.82, 2.24) is 14.9 Å². The van der Waals surface area contributed by atoms with Crippen LogP contribution in [0.1, 0.15) is 63.7 Å². The Labute approximate surface area is 165 Å². The molecule has 1 aromatic rings. The third-order valence-corrected chi connectivity index (χ3v) is 4.32. The average molecular weight is 393 g/mol. The van der Waals surface area contributed by atoms with Gasteiger partial charge in [-0.3, -0.25) is 0 Å². The molecule has 0 bridgehead atoms. The molecular weight excluding hydrogens is 362 g/mol. The molecule has 9 nitrogen and oxygen atoms in total. The number of carbonyl (C=O) groups excluding carboxylic acids is 1. The molecule has 1 fully saturated rings. The fourth-order valence-electron chi connectivity index (χ4n) is 2.84. The molecule has 0 radical (unpaired) electrons. The molecule has 0 unspecified atom stereocenters. The Morgan fingerprint density at radius 2 is 2.00 bits per heavy atom. The third-order valence-electron chi connectivity index (χ3n) is 4.32. The van der Waals surface area contributed by atoms with Crippen molar-refractivity contribution in [3.8, 4) is 0 Å². The lowest BCUT2D eigenvalue weighted by molar-refractivity contribution is 0.0210. The van der Waals surface area contributed by atoms with Crippen LogP contribution in [0.3, 0.4) is 0 Å². The minimum absolute atomic E-state index is 0.0233. The van der Waals surface area contributed by atoms with E-state index in [2.05, 4.69) is 27.5 Å². The summed E-state index contributed by atoms with van der Waals surface area (Å²) in [6.45, 7) is 9.43. The Bertz CT molecular complexity index is 681. The van der Waals surface area contributed by atoms with Gasteiger partial charge in [-0.15, -0.1) is 0 Å². The summed E-state index contributed by atoms with van der Waals surface area (Å²) in [6.07, 6.45) is 4.39. The van der Waals surface area contributed by atoms with Crippen LogP contribution >= 0.6 is 0 Å². The number of carboxylic acids is 1. The number of rotatable bonds is 7. The molecule has 156 valence electrons. The summed E-state index contributed by atoms with van der Waals surface area (Å²) in [5.74, 6) is -0.363. The average Bonchev–Trinajstić information content (AvgIpc) is 2.61. The van der Waals surface area contributed by atoms with Gasteiger partial charge in [0.25, 0.3) is 0 Å². The van der Waals surface area contributed by atoms with E-state index in [1.807, 2.05) is 20.8 Å². The lowest BCUT2D eigenvalue weighted by Gasteiger charge is -2.34. The van der Waals surface area contributed by atoms with Crippen LogP contribution < -0.4 is 10.6 Å². The Morgan fingerprint density at radius 3 is 2.57 bits per heavy atom. The minimum atomic E-state index is -1.08. The summed E-state index contributed by atoms with van der Waals surface area (Å²) in [5, 5.41) is 15.7. The summed E-state index contributed by atoms with van der Waals surface area (Å²) in [5.41, 5.74) is -0.486. The van der Waals surface area contributed by atoms with Crippen molar-refractivity contribution in [2.75, 3.05) is 30.3 Å². The standard InChI is InChI=1S/C19H31N5O4/c1-5-6-9-20-17-21-12-14(16(25)26)15(23-17)22-13-7-10-24(11-8-13)18(27)28-19(2,3)4/h12-13H,5-11H2,1-4H3,(H,25,26)(H2,20,21,22,23). The van der Waals surface area contributed by atoms with Gasteiger partial charge in [0, 0.05) is 31.9 Å². The zero-order chi connectivity index (χ0) is 20.7. The summed E-state index contributed by atoms with van der Waals surface area (Å²) < 4.78 is 5.40. The summed E-state index contributed by atoms with van der Waals surface area (Å²) in [6, 6.07) is 0.0233. The molecule has 2 rings (SSSR count). The predicted molar refractivity (Wildman–Crippen MR) is 107 cm³/mol. The van der Waals surface area contributed by atoms with Crippen molar-refractivity contribution in [1.29, 1.82) is 0 Å². The van der Waals surface area contributed by atoms with E-state index >= 15 is 0 Å². The van der Waals surface area contributed by atoms with Gasteiger partial charge in [0.05, 0.1) is 0 Å². The number of carboxylic acid groups (broad SMARTS) is 1. The number of aromatic nitrogens is 2. The molecule has 1 amide bonds. The number of ether oxygens (including phenoxy) is 1. The second-order valence-electron chi connectivity index (χ2n) is 7.93. The first-order valence-corrected chi connectivity index (χ1v) is 9.78. The molecule has 1 aliphatic rings. The number of unbranched alkanes of at least 4 members (excludes halogenated alkanes) is 1. The molecule has 0 saturated carbocycles. The van der Waals surface area contributed by atoms with Crippen molar-refractivity contribution >= 4 is 23.8 Å². The maximum atomic E-state index is 12.2. The quantitative estimate of drug-likeness (QED) is 0.605. The fourth-order valence-corrected chi connectivity index (χ4v) is 2.84. The Kier molecular flexibility index (Phi) is 7.42. The number of hydrogen-bond donors (Lipinski definition) is 3. The zero-order valence-corrected chi connectivity index (χ0v) is 17.1. The Morgan fingerprint density at radius 1 is 1.32 bits per heavy atom. The van der Waals surface area contributed by atoms with Crippen LogP contribution in [0.25, 0.3) is 0 Å². The van der Waals surface area contributed by atoms with Crippen molar-refractivity contribution in [2.45, 2.75) is 65.0 Å². The first-order valence-electron chi connectivity index (χ1n) is 9.78. The largest absolute Gasteiger partial charge is 0.477 e. The predicted octanol–water partition coefficient (Wildman–Crippen LogP) is 3.20. The maximum absolute atomic E-state index is 12.2. The molecule has 2 heterocycles. The lowest BCUT2D eigenvalue weighted by Crippen LogP contribution is -2.44. The van der Waals surface area contributed by atoms with E-state index in [4.69, 9.17) is 4.74 Å². The van der Waals surface area contributed by atoms with Crippen molar-refractivity contribution in [2.24, 2.45) is 0 Å². The Hall–Kier alpha value is -2.58. The third kappa shape index (κ3) is 6.54. The summed E-state index contributed by atoms with van der Waals surface area (Å²) in [7, 11) is 0. The van der Waals surface area contributed by atoms with Crippen LogP contribution in [0.15, 0.2) is 6.20 Å². The van der Waals surface area contributed by atoms with Gasteiger partial charge in [0.2, 0.25) is 5.95 Å². The SMILES string of the molecule is CCCCNc1ncc(C(=O)O)c(NC2CCN(C(=O)OC(C)(C)C)CC2)n1. The number of piperidine rings is 1. The molecule has 1 aliphatic heterocycles. The summed E-state index contributed by atoms with van der Waals surface area (Å²) in [4.78, 5) is 33.8. The fraction of sp³-hybridized carbons (Fsp3) is 0.684. The number of hydrogen-bond acceptors (Lipinski definition) is 7. The van der Waals surface area contributed by atoms with Crippen LogP contribution in [0.2, 0.25) is 0 Å². The van der Waals surface area contributed by atoms with E-state index in [-0.39, 0.29) is 17.7 Å². The summed E-state index contributed by atoms with van der Waals surface area (Å²) >= 11 is 0. The van der Waals surface area contributed by atoms with Gasteiger partial charge in [-0.2, -0.15) is 4.98 Å². The van der Waals surface area contributed by atoms with Gasteiger partial charge in [0.1, 0.15) is 17.0 Å². The van der Waals surface area contributed by atoms with Crippen molar-refractivity contribution < 1.29 is 19.4 Å². The number of nitrogens with one attached hydrogen (secondary N) is 2. The number of anilines is 2. The van der Waals surface area contributed by atoms with Crippen LogP contribution in [0.5, 0.6) is 0 Å². The van der Waals surface area contributed by atoms with Gasteiger partial charge in [-0.25, -0.2) is 14.6 Å². The second kappa shape index (κ2) is 9.57. The molecule has 9 heteroatoms. The Balaban J connectivity index is 1.98.